The lowest BCUT2D eigenvalue weighted by atomic mass is 9.46. The summed E-state index contributed by atoms with van der Waals surface area (Å²) in [6.45, 7) is 35.0. The van der Waals surface area contributed by atoms with Crippen LogP contribution in [0.15, 0.2) is 72.8 Å². The zero-order chi connectivity index (χ0) is 36.7. The van der Waals surface area contributed by atoms with Crippen LogP contribution in [-0.2, 0) is 18.1 Å². The van der Waals surface area contributed by atoms with Crippen molar-refractivity contribution in [3.05, 3.63) is 72.8 Å². The Labute approximate surface area is 303 Å². The predicted octanol–water partition coefficient (Wildman–Crippen LogP) is 10.2. The molecule has 0 amide bonds. The summed E-state index contributed by atoms with van der Waals surface area (Å²) in [4.78, 5) is 15.1. The van der Waals surface area contributed by atoms with Gasteiger partial charge in [-0.25, -0.2) is 0 Å². The summed E-state index contributed by atoms with van der Waals surface area (Å²) >= 11 is 0. The van der Waals surface area contributed by atoms with E-state index in [0.717, 1.165) is 24.8 Å². The number of carbonyl (C=O) groups is 1. The summed E-state index contributed by atoms with van der Waals surface area (Å²) in [6.07, 6.45) is 5.28. The molecule has 0 bridgehead atoms. The van der Waals surface area contributed by atoms with Gasteiger partial charge in [-0.3, -0.25) is 4.79 Å². The highest BCUT2D eigenvalue weighted by atomic mass is 28.4. The van der Waals surface area contributed by atoms with Gasteiger partial charge < -0.3 is 13.3 Å². The summed E-state index contributed by atoms with van der Waals surface area (Å²) in [7, 11) is -6.64. The van der Waals surface area contributed by atoms with Crippen LogP contribution in [0.5, 0.6) is 0 Å². The van der Waals surface area contributed by atoms with Crippen LogP contribution in [0.25, 0.3) is 0 Å². The number of ketones is 1. The van der Waals surface area contributed by atoms with Gasteiger partial charge in [-0.15, -0.1) is 0 Å². The second-order valence-electron chi connectivity index (χ2n) is 19.4. The van der Waals surface area contributed by atoms with Gasteiger partial charge in [-0.2, -0.15) is 0 Å². The fraction of sp³-hybridized carbons (Fsp3) is 0.643. The fourth-order valence-electron chi connectivity index (χ4n) is 9.77. The molecule has 272 valence electrons. The van der Waals surface area contributed by atoms with Crippen LogP contribution >= 0.6 is 0 Å². The molecule has 2 aliphatic carbocycles. The molecule has 5 atom stereocenters. The highest BCUT2D eigenvalue weighted by Gasteiger charge is 2.58. The quantitative estimate of drug-likeness (QED) is 0.153. The fourth-order valence-corrected chi connectivity index (χ4v) is 17.1. The molecule has 49 heavy (non-hydrogen) atoms. The third-order valence-electron chi connectivity index (χ3n) is 11.5. The molecule has 0 spiro atoms. The Balaban J connectivity index is 1.70. The Bertz CT molecular complexity index is 1400. The van der Waals surface area contributed by atoms with E-state index in [9.17, 15) is 0 Å². The summed E-state index contributed by atoms with van der Waals surface area (Å²) < 4.78 is 21.2. The van der Waals surface area contributed by atoms with Gasteiger partial charge in [0.15, 0.2) is 16.6 Å². The minimum absolute atomic E-state index is 0.0706. The van der Waals surface area contributed by atoms with Crippen molar-refractivity contribution in [2.24, 2.45) is 22.7 Å². The monoisotopic (exact) mass is 720 g/mol. The van der Waals surface area contributed by atoms with Gasteiger partial charge in [0.2, 0.25) is 0 Å². The first-order valence-corrected chi connectivity index (χ1v) is 27.5. The van der Waals surface area contributed by atoms with Gasteiger partial charge in [0.05, 0.1) is 11.7 Å². The van der Waals surface area contributed by atoms with Gasteiger partial charge in [-0.1, -0.05) is 115 Å². The Kier molecular flexibility index (Phi) is 11.8. The van der Waals surface area contributed by atoms with Crippen LogP contribution in [0.3, 0.4) is 0 Å². The second-order valence-corrected chi connectivity index (χ2v) is 32.6. The summed E-state index contributed by atoms with van der Waals surface area (Å²) in [5, 5.41) is 2.41. The van der Waals surface area contributed by atoms with E-state index in [-0.39, 0.29) is 33.7 Å². The van der Waals surface area contributed by atoms with Crippen LogP contribution < -0.4 is 10.4 Å². The highest BCUT2D eigenvalue weighted by Crippen LogP contribution is 2.62. The van der Waals surface area contributed by atoms with Crippen molar-refractivity contribution in [2.75, 3.05) is 6.61 Å². The molecule has 0 aliphatic heterocycles. The molecule has 0 N–H and O–H groups in total. The van der Waals surface area contributed by atoms with Crippen LogP contribution in [-0.4, -0.2) is 49.0 Å². The van der Waals surface area contributed by atoms with E-state index < -0.39 is 30.6 Å². The molecule has 0 aromatic heterocycles. The van der Waals surface area contributed by atoms with E-state index in [0.29, 0.717) is 25.4 Å². The highest BCUT2D eigenvalue weighted by molar-refractivity contribution is 6.99. The number of hydrogen-bond donors (Lipinski definition) is 0. The molecule has 2 aromatic carbocycles. The SMILES string of the molecule is C=C1[C@H](C(=O)C[C@](C)(CCO[Si](c2ccccc2)(c2ccccc2)C(C)(C)C)O[Si](C)(C)C)[C@@]2(C)CCCC(C)(C)[C@@H]2C[C@H]1O[Si](C)(C)C. The molecule has 0 unspecified atom stereocenters. The standard InChI is InChI=1S/C42H68O4Si3/c1-32-36(45-47(9,10)11)30-37-40(5,6)26-21-27-42(37,8)38(32)35(43)31-41(7,46-48(12,13)14)28-29-44-49(39(2,3)4,33-22-17-15-18-23-33)34-24-19-16-20-25-34/h15-20,22-25,36-38H,1,21,26-31H2,2-14H3/t36-,37+,38-,41+,42+/m1/s1. The van der Waals surface area contributed by atoms with Crippen molar-refractivity contribution >= 4 is 41.1 Å². The van der Waals surface area contributed by atoms with Crippen molar-refractivity contribution < 1.29 is 18.1 Å². The van der Waals surface area contributed by atoms with Gasteiger partial charge >= 0.3 is 0 Å². The van der Waals surface area contributed by atoms with Gasteiger partial charge in [0, 0.05) is 18.9 Å². The molecule has 2 saturated carbocycles. The molecule has 0 saturated heterocycles. The number of rotatable bonds is 13. The van der Waals surface area contributed by atoms with Crippen LogP contribution in [0.2, 0.25) is 44.3 Å². The lowest BCUT2D eigenvalue weighted by molar-refractivity contribution is -0.141. The molecular weight excluding hydrogens is 653 g/mol. The topological polar surface area (TPSA) is 44.8 Å². The minimum Gasteiger partial charge on any atom is -0.412 e. The zero-order valence-corrected chi connectivity index (χ0v) is 36.3. The summed E-state index contributed by atoms with van der Waals surface area (Å²) in [5.41, 5.74) is 0.355. The van der Waals surface area contributed by atoms with Gasteiger partial charge in [0.1, 0.15) is 5.78 Å². The molecule has 0 radical (unpaired) electrons. The minimum atomic E-state index is -2.73. The van der Waals surface area contributed by atoms with Crippen LogP contribution in [0.4, 0.5) is 0 Å². The van der Waals surface area contributed by atoms with Crippen molar-refractivity contribution in [2.45, 2.75) is 143 Å². The van der Waals surface area contributed by atoms with Crippen LogP contribution in [0.1, 0.15) is 87.0 Å². The smallest absolute Gasteiger partial charge is 0.261 e. The third kappa shape index (κ3) is 8.89. The lowest BCUT2D eigenvalue weighted by Crippen LogP contribution is -2.66. The average Bonchev–Trinajstić information content (AvgIpc) is 2.94. The van der Waals surface area contributed by atoms with Crippen LogP contribution in [0, 0.1) is 22.7 Å². The Morgan fingerprint density at radius 2 is 1.37 bits per heavy atom. The zero-order valence-electron chi connectivity index (χ0n) is 33.3. The molecule has 4 rings (SSSR count). The van der Waals surface area contributed by atoms with E-state index >= 15 is 4.79 Å². The molecule has 2 aromatic rings. The lowest BCUT2D eigenvalue weighted by Gasteiger charge is -2.59. The normalized spacial score (nSPS) is 26.1. The maximum Gasteiger partial charge on any atom is 0.261 e. The van der Waals surface area contributed by atoms with E-state index in [1.54, 1.807) is 0 Å². The first-order chi connectivity index (χ1) is 22.4. The maximum atomic E-state index is 15.1. The maximum absolute atomic E-state index is 15.1. The average molecular weight is 721 g/mol. The predicted molar refractivity (Wildman–Crippen MR) is 215 cm³/mol. The van der Waals surface area contributed by atoms with E-state index in [4.69, 9.17) is 13.3 Å². The van der Waals surface area contributed by atoms with E-state index in [2.05, 4.69) is 155 Å². The van der Waals surface area contributed by atoms with E-state index in [1.807, 2.05) is 0 Å². The molecule has 2 fully saturated rings. The summed E-state index contributed by atoms with van der Waals surface area (Å²) in [6, 6.07) is 21.6. The molecule has 2 aliphatic rings. The molecular formula is C42H68O4Si3. The van der Waals surface area contributed by atoms with Crippen molar-refractivity contribution in [3.8, 4) is 0 Å². The largest absolute Gasteiger partial charge is 0.412 e. The third-order valence-corrected chi connectivity index (χ3v) is 18.6. The summed E-state index contributed by atoms with van der Waals surface area (Å²) in [5.74, 6) is 0.428. The molecule has 4 nitrogen and oxygen atoms in total. The first-order valence-electron chi connectivity index (χ1n) is 18.8. The Morgan fingerprint density at radius 3 is 1.84 bits per heavy atom. The van der Waals surface area contributed by atoms with Gasteiger partial charge in [-0.05, 0) is 110 Å². The second kappa shape index (κ2) is 14.4. The first kappa shape index (κ1) is 40.2. The number of hydrogen-bond acceptors (Lipinski definition) is 4. The number of benzene rings is 2. The molecule has 7 heteroatoms. The Hall–Kier alpha value is -1.62. The Morgan fingerprint density at radius 1 is 0.837 bits per heavy atom. The molecule has 0 heterocycles. The number of Topliss-reactive ketones (excluding diaryl/α,β-unsaturated/α-hetero) is 1. The van der Waals surface area contributed by atoms with E-state index in [1.165, 1.54) is 16.8 Å². The number of fused-ring (bicyclic) bond motifs is 1. The number of carbonyl (C=O) groups excluding carboxylic acids is 1. The van der Waals surface area contributed by atoms with Crippen molar-refractivity contribution in [1.29, 1.82) is 0 Å². The van der Waals surface area contributed by atoms with Crippen molar-refractivity contribution in [1.82, 2.24) is 0 Å². The van der Waals surface area contributed by atoms with Gasteiger partial charge in [0.25, 0.3) is 8.32 Å². The van der Waals surface area contributed by atoms with Crippen molar-refractivity contribution in [3.63, 3.8) is 0 Å².